The Bertz CT molecular complexity index is 811. The van der Waals surface area contributed by atoms with Crippen molar-refractivity contribution in [3.8, 4) is 5.75 Å². The predicted octanol–water partition coefficient (Wildman–Crippen LogP) is 3.38. The van der Waals surface area contributed by atoms with Crippen LogP contribution in [-0.4, -0.2) is 49.6 Å². The third-order valence-corrected chi connectivity index (χ3v) is 6.09. The van der Waals surface area contributed by atoms with Crippen molar-refractivity contribution in [1.82, 2.24) is 15.5 Å². The first-order valence-corrected chi connectivity index (χ1v) is 10.8. The summed E-state index contributed by atoms with van der Waals surface area (Å²) < 4.78 is 5.77. The van der Waals surface area contributed by atoms with Crippen LogP contribution < -0.4 is 15.4 Å². The zero-order chi connectivity index (χ0) is 20.1. The zero-order valence-corrected chi connectivity index (χ0v) is 17.1. The van der Waals surface area contributed by atoms with Crippen molar-refractivity contribution < 1.29 is 9.53 Å². The number of hydrogen-bond acceptors (Lipinski definition) is 4. The van der Waals surface area contributed by atoms with Crippen LogP contribution >= 0.6 is 0 Å². The van der Waals surface area contributed by atoms with E-state index in [1.54, 1.807) is 0 Å². The molecule has 2 aromatic rings. The maximum absolute atomic E-state index is 13.5. The number of amides is 1. The molecule has 2 saturated heterocycles. The molecule has 0 aliphatic carbocycles. The number of hydrogen-bond donors (Lipinski definition) is 2. The number of carbonyl (C=O) groups excluding carboxylic acids is 1. The van der Waals surface area contributed by atoms with Crippen molar-refractivity contribution in [2.45, 2.75) is 43.8 Å². The molecule has 154 valence electrons. The molecule has 3 atom stereocenters. The van der Waals surface area contributed by atoms with Crippen LogP contribution in [0.25, 0.3) is 0 Å². The van der Waals surface area contributed by atoms with Gasteiger partial charge in [0.1, 0.15) is 12.4 Å². The number of ether oxygens (including phenoxy) is 1. The second-order valence-corrected chi connectivity index (χ2v) is 8.01. The molecule has 2 N–H and O–H groups in total. The molecule has 0 bridgehead atoms. The summed E-state index contributed by atoms with van der Waals surface area (Å²) in [6.07, 6.45) is 4.32. The number of likely N-dealkylation sites (N-methyl/N-ethyl adjacent to an activating group) is 1. The van der Waals surface area contributed by atoms with E-state index in [9.17, 15) is 4.79 Å². The lowest BCUT2D eigenvalue weighted by molar-refractivity contribution is 0.0677. The summed E-state index contributed by atoms with van der Waals surface area (Å²) in [7, 11) is 1.90. The van der Waals surface area contributed by atoms with Gasteiger partial charge in [0.25, 0.3) is 5.91 Å². The molecule has 2 aliphatic rings. The number of carbonyl (C=O) groups is 1. The topological polar surface area (TPSA) is 53.6 Å². The minimum absolute atomic E-state index is 0.122. The maximum Gasteiger partial charge on any atom is 0.254 e. The van der Waals surface area contributed by atoms with Crippen LogP contribution in [0.1, 0.15) is 47.6 Å². The minimum Gasteiger partial charge on any atom is -0.492 e. The molecule has 0 unspecified atom stereocenters. The summed E-state index contributed by atoms with van der Waals surface area (Å²) in [6, 6.07) is 19.1. The average Bonchev–Trinajstić information content (AvgIpc) is 3.08. The van der Waals surface area contributed by atoms with Crippen molar-refractivity contribution >= 4 is 5.91 Å². The molecule has 2 aliphatic heterocycles. The second-order valence-electron chi connectivity index (χ2n) is 8.01. The van der Waals surface area contributed by atoms with Crippen LogP contribution in [0.5, 0.6) is 5.75 Å². The highest BCUT2D eigenvalue weighted by Crippen LogP contribution is 2.34. The van der Waals surface area contributed by atoms with Gasteiger partial charge in [-0.25, -0.2) is 0 Å². The molecule has 2 fully saturated rings. The average molecular weight is 394 g/mol. The van der Waals surface area contributed by atoms with E-state index in [1.807, 2.05) is 31.3 Å². The fourth-order valence-electron chi connectivity index (χ4n) is 4.60. The van der Waals surface area contributed by atoms with Crippen molar-refractivity contribution in [2.75, 3.05) is 26.7 Å². The van der Waals surface area contributed by atoms with E-state index in [1.165, 1.54) is 5.56 Å². The maximum atomic E-state index is 13.5. The van der Waals surface area contributed by atoms with Crippen LogP contribution in [0.3, 0.4) is 0 Å². The standard InChI is InChI=1S/C24H31N3O2/c1-25-13-15-29-20-11-7-10-19(16-20)24(28)27-14-6-5-12-21-23(27)17-22(26-21)18-8-3-2-4-9-18/h2-4,7-11,16,21-23,25-26H,5-6,12-15,17H2,1H3/t21-,22-,23+/m0/s1. The van der Waals surface area contributed by atoms with Gasteiger partial charge < -0.3 is 20.3 Å². The molecule has 5 nitrogen and oxygen atoms in total. The molecule has 5 heteroatoms. The van der Waals surface area contributed by atoms with Gasteiger partial charge >= 0.3 is 0 Å². The van der Waals surface area contributed by atoms with Crippen molar-refractivity contribution in [3.05, 3.63) is 65.7 Å². The Hall–Kier alpha value is -2.37. The molecular weight excluding hydrogens is 362 g/mol. The lowest BCUT2D eigenvalue weighted by Gasteiger charge is -2.30. The van der Waals surface area contributed by atoms with Crippen LogP contribution in [0.15, 0.2) is 54.6 Å². The van der Waals surface area contributed by atoms with Gasteiger partial charge in [0, 0.05) is 36.8 Å². The highest BCUT2D eigenvalue weighted by molar-refractivity contribution is 5.95. The van der Waals surface area contributed by atoms with Crippen LogP contribution in [0.2, 0.25) is 0 Å². The fraction of sp³-hybridized carbons (Fsp3) is 0.458. The number of nitrogens with zero attached hydrogens (tertiary/aromatic N) is 1. The van der Waals surface area contributed by atoms with E-state index >= 15 is 0 Å². The van der Waals surface area contributed by atoms with E-state index in [0.29, 0.717) is 18.7 Å². The molecule has 0 spiro atoms. The van der Waals surface area contributed by atoms with E-state index in [4.69, 9.17) is 4.74 Å². The largest absolute Gasteiger partial charge is 0.492 e. The number of rotatable bonds is 6. The summed E-state index contributed by atoms with van der Waals surface area (Å²) in [6.45, 7) is 2.19. The van der Waals surface area contributed by atoms with Gasteiger partial charge in [-0.2, -0.15) is 0 Å². The molecule has 29 heavy (non-hydrogen) atoms. The quantitative estimate of drug-likeness (QED) is 0.739. The molecule has 1 amide bonds. The van der Waals surface area contributed by atoms with Crippen LogP contribution in [0, 0.1) is 0 Å². The Labute approximate surface area is 173 Å². The number of benzene rings is 2. The van der Waals surface area contributed by atoms with Crippen molar-refractivity contribution in [2.24, 2.45) is 0 Å². The monoisotopic (exact) mass is 393 g/mol. The Morgan fingerprint density at radius 3 is 2.86 bits per heavy atom. The van der Waals surface area contributed by atoms with Gasteiger partial charge in [0.05, 0.1) is 0 Å². The van der Waals surface area contributed by atoms with Crippen molar-refractivity contribution in [1.29, 1.82) is 0 Å². The predicted molar refractivity (Wildman–Crippen MR) is 115 cm³/mol. The summed E-state index contributed by atoms with van der Waals surface area (Å²) >= 11 is 0. The Kier molecular flexibility index (Phi) is 6.47. The van der Waals surface area contributed by atoms with Crippen LogP contribution in [0.4, 0.5) is 0 Å². The molecule has 4 rings (SSSR count). The highest BCUT2D eigenvalue weighted by atomic mass is 16.5. The van der Waals surface area contributed by atoms with Gasteiger partial charge in [0.2, 0.25) is 0 Å². The molecular formula is C24H31N3O2. The number of likely N-dealkylation sites (tertiary alicyclic amines) is 1. The molecule has 0 aromatic heterocycles. The number of nitrogens with one attached hydrogen (secondary N) is 2. The number of fused-ring (bicyclic) bond motifs is 1. The lowest BCUT2D eigenvalue weighted by Crippen LogP contribution is -2.45. The SMILES string of the molecule is CNCCOc1cccc(C(=O)N2CCCC[C@@H]3N[C@H](c4ccccc4)C[C@H]32)c1. The smallest absolute Gasteiger partial charge is 0.254 e. The Morgan fingerprint density at radius 1 is 1.17 bits per heavy atom. The second kappa shape index (κ2) is 9.42. The normalized spacial score (nSPS) is 24.0. The fourth-order valence-corrected chi connectivity index (χ4v) is 4.60. The summed E-state index contributed by atoms with van der Waals surface area (Å²) in [5.41, 5.74) is 2.03. The highest BCUT2D eigenvalue weighted by Gasteiger charge is 2.40. The molecule has 0 radical (unpaired) electrons. The summed E-state index contributed by atoms with van der Waals surface area (Å²) in [5.74, 6) is 0.876. The van der Waals surface area contributed by atoms with Gasteiger partial charge in [0.15, 0.2) is 0 Å². The molecule has 0 saturated carbocycles. The zero-order valence-electron chi connectivity index (χ0n) is 17.1. The van der Waals surface area contributed by atoms with E-state index in [2.05, 4.69) is 45.9 Å². The lowest BCUT2D eigenvalue weighted by atomic mass is 10.00. The van der Waals surface area contributed by atoms with Crippen LogP contribution in [-0.2, 0) is 0 Å². The first-order valence-electron chi connectivity index (χ1n) is 10.8. The van der Waals surface area contributed by atoms with E-state index < -0.39 is 0 Å². The summed E-state index contributed by atoms with van der Waals surface area (Å²) in [5, 5.41) is 6.88. The molecule has 2 heterocycles. The van der Waals surface area contributed by atoms with Crippen molar-refractivity contribution in [3.63, 3.8) is 0 Å². The van der Waals surface area contributed by atoms with Gasteiger partial charge in [-0.05, 0) is 50.1 Å². The Morgan fingerprint density at radius 2 is 2.03 bits per heavy atom. The summed E-state index contributed by atoms with van der Waals surface area (Å²) in [4.78, 5) is 15.6. The first-order chi connectivity index (χ1) is 14.3. The van der Waals surface area contributed by atoms with Gasteiger partial charge in [-0.1, -0.05) is 42.8 Å². The Balaban J connectivity index is 1.51. The van der Waals surface area contributed by atoms with Gasteiger partial charge in [-0.3, -0.25) is 4.79 Å². The van der Waals surface area contributed by atoms with E-state index in [-0.39, 0.29) is 11.9 Å². The molecule has 2 aromatic carbocycles. The van der Waals surface area contributed by atoms with E-state index in [0.717, 1.165) is 50.1 Å². The minimum atomic E-state index is 0.122. The third kappa shape index (κ3) is 4.62. The van der Waals surface area contributed by atoms with Gasteiger partial charge in [-0.15, -0.1) is 0 Å². The third-order valence-electron chi connectivity index (χ3n) is 6.09. The first kappa shape index (κ1) is 19.9.